The number of nitrogens with zero attached hydrogens (tertiary/aromatic N) is 3. The summed E-state index contributed by atoms with van der Waals surface area (Å²) in [6.45, 7) is 10.5. The number of carbonyl (C=O) groups is 4. The van der Waals surface area contributed by atoms with Crippen LogP contribution in [0.1, 0.15) is 108 Å². The Morgan fingerprint density at radius 3 is 2.52 bits per heavy atom. The van der Waals surface area contributed by atoms with Crippen molar-refractivity contribution >= 4 is 35.1 Å². The fourth-order valence-corrected chi connectivity index (χ4v) is 6.21. The van der Waals surface area contributed by atoms with E-state index in [1.807, 2.05) is 39.6 Å². The van der Waals surface area contributed by atoms with E-state index in [9.17, 15) is 24.3 Å². The Morgan fingerprint density at radius 1 is 1.26 bits per heavy atom. The Bertz CT molecular complexity index is 1100. The highest BCUT2D eigenvalue weighted by molar-refractivity contribution is 7.09. The molecule has 0 unspecified atom stereocenters. The largest absolute Gasteiger partial charge is 0.476 e. The zero-order valence-electron chi connectivity index (χ0n) is 25.9. The number of rotatable bonds is 16. The van der Waals surface area contributed by atoms with Crippen molar-refractivity contribution in [3.8, 4) is 12.3 Å². The summed E-state index contributed by atoms with van der Waals surface area (Å²) in [6.07, 6.45) is 10.3. The average molecular weight is 605 g/mol. The summed E-state index contributed by atoms with van der Waals surface area (Å²) in [5.41, 5.74) is -0.123. The zero-order valence-corrected chi connectivity index (χ0v) is 26.7. The lowest BCUT2D eigenvalue weighted by Crippen LogP contribution is -2.59. The van der Waals surface area contributed by atoms with Crippen LogP contribution in [0.4, 0.5) is 0 Å². The second-order valence-electron chi connectivity index (χ2n) is 11.6. The van der Waals surface area contributed by atoms with Crippen molar-refractivity contribution < 1.29 is 29.0 Å². The maximum absolute atomic E-state index is 14.4. The molecule has 0 aliphatic carbocycles. The van der Waals surface area contributed by atoms with E-state index in [0.717, 1.165) is 43.6 Å². The molecule has 1 aliphatic rings. The van der Waals surface area contributed by atoms with E-state index >= 15 is 0 Å². The van der Waals surface area contributed by atoms with Gasteiger partial charge in [0.05, 0.1) is 6.04 Å². The van der Waals surface area contributed by atoms with Gasteiger partial charge in [-0.2, -0.15) is 0 Å². The topological polar surface area (TPSA) is 129 Å². The molecule has 0 saturated carbocycles. The molecule has 0 spiro atoms. The van der Waals surface area contributed by atoms with Crippen molar-refractivity contribution in [1.82, 2.24) is 20.1 Å². The molecule has 5 atom stereocenters. The molecule has 0 radical (unpaired) electrons. The summed E-state index contributed by atoms with van der Waals surface area (Å²) in [7, 11) is 1.94. The lowest BCUT2D eigenvalue weighted by molar-refractivity contribution is -0.149. The number of piperidine rings is 1. The van der Waals surface area contributed by atoms with Crippen LogP contribution in [0.2, 0.25) is 0 Å². The molecule has 0 bridgehead atoms. The maximum Gasteiger partial charge on any atom is 0.355 e. The van der Waals surface area contributed by atoms with Gasteiger partial charge in [-0.05, 0) is 51.1 Å². The predicted octanol–water partition coefficient (Wildman–Crippen LogP) is 4.51. The van der Waals surface area contributed by atoms with Gasteiger partial charge in [-0.15, -0.1) is 23.7 Å². The third kappa shape index (κ3) is 10.1. The number of aromatic nitrogens is 1. The van der Waals surface area contributed by atoms with Crippen molar-refractivity contribution in [2.24, 2.45) is 11.8 Å². The minimum atomic E-state index is -1.17. The average Bonchev–Trinajstić information content (AvgIpc) is 3.44. The maximum atomic E-state index is 14.4. The molecule has 1 aromatic heterocycles. The molecule has 2 N–H and O–H groups in total. The van der Waals surface area contributed by atoms with Gasteiger partial charge in [0.1, 0.15) is 11.0 Å². The number of unbranched alkanes of at least 4 members (excludes halogenated alkanes) is 2. The highest BCUT2D eigenvalue weighted by Gasteiger charge is 2.38. The number of carboxylic acid groups (broad SMARTS) is 1. The number of aromatic carboxylic acids is 1. The number of carbonyl (C=O) groups excluding carboxylic acids is 3. The van der Waals surface area contributed by atoms with Gasteiger partial charge in [-0.1, -0.05) is 40.5 Å². The number of likely N-dealkylation sites (tertiary alicyclic amines) is 1. The molecule has 2 rings (SSSR count). The van der Waals surface area contributed by atoms with Gasteiger partial charge in [0, 0.05) is 37.7 Å². The molecule has 11 heteroatoms. The van der Waals surface area contributed by atoms with Gasteiger partial charge >= 0.3 is 11.9 Å². The van der Waals surface area contributed by atoms with Gasteiger partial charge in [-0.3, -0.25) is 19.3 Å². The third-order valence-electron chi connectivity index (χ3n) is 8.05. The van der Waals surface area contributed by atoms with Crippen molar-refractivity contribution in [1.29, 1.82) is 0 Å². The second kappa shape index (κ2) is 17.2. The molecule has 0 aromatic carbocycles. The monoisotopic (exact) mass is 604 g/mol. The molecule has 1 fully saturated rings. The minimum absolute atomic E-state index is 0.0451. The molecular weight excluding hydrogens is 556 g/mol. The number of amides is 2. The van der Waals surface area contributed by atoms with Crippen LogP contribution in [0.5, 0.6) is 0 Å². The van der Waals surface area contributed by atoms with Gasteiger partial charge in [-0.25, -0.2) is 9.78 Å². The molecule has 1 aliphatic heterocycles. The number of ether oxygens (including phenoxy) is 1. The molecular formula is C31H48N4O6S. The SMILES string of the molecule is C#CCCCCN(C(=O)[C@@H](NC(=O)[C@H]1CCCCN1C)[C@@H](C)CC)[C@H](C[C@@H](OC(C)=O)c1nc(C(=O)O)cs1)C(C)C. The number of carboxylic acids is 1. The van der Waals surface area contributed by atoms with Crippen molar-refractivity contribution in [2.45, 2.75) is 110 Å². The predicted molar refractivity (Wildman–Crippen MR) is 163 cm³/mol. The number of esters is 1. The van der Waals surface area contributed by atoms with Crippen LogP contribution in [0.15, 0.2) is 5.38 Å². The Hall–Kier alpha value is -2.97. The number of nitrogens with one attached hydrogen (secondary N) is 1. The third-order valence-corrected chi connectivity index (χ3v) is 8.99. The molecule has 42 heavy (non-hydrogen) atoms. The van der Waals surface area contributed by atoms with Crippen LogP contribution in [-0.4, -0.2) is 81.9 Å². The number of thiazole rings is 1. The van der Waals surface area contributed by atoms with Gasteiger partial charge in [0.15, 0.2) is 11.8 Å². The number of hydrogen-bond donors (Lipinski definition) is 2. The summed E-state index contributed by atoms with van der Waals surface area (Å²) >= 11 is 1.11. The smallest absolute Gasteiger partial charge is 0.355 e. The molecule has 2 amide bonds. The minimum Gasteiger partial charge on any atom is -0.476 e. The van der Waals surface area contributed by atoms with E-state index in [1.54, 1.807) is 0 Å². The fourth-order valence-electron chi connectivity index (χ4n) is 5.38. The normalized spacial score (nSPS) is 18.4. The Morgan fingerprint density at radius 2 is 1.98 bits per heavy atom. The Labute approximate surface area is 254 Å². The van der Waals surface area contributed by atoms with Crippen LogP contribution in [-0.2, 0) is 19.1 Å². The molecule has 10 nitrogen and oxygen atoms in total. The van der Waals surface area contributed by atoms with Crippen molar-refractivity contribution in [3.63, 3.8) is 0 Å². The summed E-state index contributed by atoms with van der Waals surface area (Å²) in [6, 6.07) is -1.38. The van der Waals surface area contributed by atoms with Crippen LogP contribution in [0, 0.1) is 24.2 Å². The first kappa shape index (κ1) is 35.2. The van der Waals surface area contributed by atoms with E-state index in [0.29, 0.717) is 30.8 Å². The first-order valence-electron chi connectivity index (χ1n) is 15.0. The van der Waals surface area contributed by atoms with Gasteiger partial charge in [0.2, 0.25) is 11.8 Å². The van der Waals surface area contributed by atoms with E-state index in [2.05, 4.69) is 21.1 Å². The van der Waals surface area contributed by atoms with Crippen LogP contribution >= 0.6 is 11.3 Å². The Balaban J connectivity index is 2.44. The molecule has 1 aromatic rings. The van der Waals surface area contributed by atoms with Crippen LogP contribution < -0.4 is 5.32 Å². The zero-order chi connectivity index (χ0) is 31.4. The summed E-state index contributed by atoms with van der Waals surface area (Å²) < 4.78 is 5.64. The highest BCUT2D eigenvalue weighted by atomic mass is 32.1. The lowest BCUT2D eigenvalue weighted by atomic mass is 9.91. The molecule has 1 saturated heterocycles. The first-order valence-corrected chi connectivity index (χ1v) is 15.9. The van der Waals surface area contributed by atoms with Crippen LogP contribution in [0.25, 0.3) is 0 Å². The van der Waals surface area contributed by atoms with Crippen molar-refractivity contribution in [2.75, 3.05) is 20.1 Å². The summed E-state index contributed by atoms with van der Waals surface area (Å²) in [5.74, 6) is 0.487. The van der Waals surface area contributed by atoms with E-state index in [-0.39, 0.29) is 47.8 Å². The fraction of sp³-hybridized carbons (Fsp3) is 0.710. The highest BCUT2D eigenvalue weighted by Crippen LogP contribution is 2.32. The van der Waals surface area contributed by atoms with Gasteiger partial charge < -0.3 is 20.1 Å². The van der Waals surface area contributed by atoms with E-state index < -0.39 is 24.1 Å². The van der Waals surface area contributed by atoms with Crippen LogP contribution in [0.3, 0.4) is 0 Å². The molecule has 234 valence electrons. The standard InChI is InChI=1S/C31H48N4O6S/c1-8-10-11-13-17-35(30(38)27(21(5)9-2)33-28(37)24-15-12-14-16-34(24)7)25(20(3)4)18-26(41-22(6)36)29-32-23(19-42-29)31(39)40/h1,19-21,24-27H,9-18H2,2-7H3,(H,33,37)(H,39,40)/t21-,24+,25+,26+,27-/m0/s1. The number of terminal acetylenes is 1. The summed E-state index contributed by atoms with van der Waals surface area (Å²) in [5, 5.41) is 14.3. The van der Waals surface area contributed by atoms with E-state index in [4.69, 9.17) is 11.2 Å². The van der Waals surface area contributed by atoms with E-state index in [1.165, 1.54) is 12.3 Å². The Kier molecular flexibility index (Phi) is 14.4. The summed E-state index contributed by atoms with van der Waals surface area (Å²) in [4.78, 5) is 59.5. The number of likely N-dealkylation sites (N-methyl/N-ethyl adjacent to an activating group) is 1. The quantitative estimate of drug-likeness (QED) is 0.160. The van der Waals surface area contributed by atoms with Crippen molar-refractivity contribution in [3.05, 3.63) is 16.1 Å². The lowest BCUT2D eigenvalue weighted by Gasteiger charge is -2.40. The second-order valence-corrected chi connectivity index (χ2v) is 12.5. The first-order chi connectivity index (χ1) is 19.9. The van der Waals surface area contributed by atoms with Gasteiger partial charge in [0.25, 0.3) is 0 Å². The molecule has 2 heterocycles. The number of hydrogen-bond acceptors (Lipinski definition) is 8.